The van der Waals surface area contributed by atoms with Crippen molar-refractivity contribution in [2.75, 3.05) is 32.7 Å². The van der Waals surface area contributed by atoms with E-state index in [1.165, 1.54) is 11.8 Å². The Bertz CT molecular complexity index is 577. The third kappa shape index (κ3) is 4.70. The number of piperazine rings is 1. The van der Waals surface area contributed by atoms with Crippen LogP contribution in [0.1, 0.15) is 12.5 Å². The van der Waals surface area contributed by atoms with Crippen LogP contribution in [0.15, 0.2) is 24.3 Å². The van der Waals surface area contributed by atoms with Crippen molar-refractivity contribution in [1.29, 1.82) is 0 Å². The molecule has 1 saturated heterocycles. The fraction of sp³-hybridized carbons (Fsp3) is 0.438. The Hall–Kier alpha value is -2.57. The van der Waals surface area contributed by atoms with E-state index >= 15 is 0 Å². The van der Waals surface area contributed by atoms with Crippen molar-refractivity contribution in [3.8, 4) is 5.75 Å². The number of hydrogen-bond donors (Lipinski definition) is 2. The predicted molar refractivity (Wildman–Crippen MR) is 83.7 cm³/mol. The average Bonchev–Trinajstić information content (AvgIpc) is 2.56. The molecule has 2 N–H and O–H groups in total. The Morgan fingerprint density at radius 1 is 1.04 bits per heavy atom. The van der Waals surface area contributed by atoms with Gasteiger partial charge in [-0.2, -0.15) is 0 Å². The van der Waals surface area contributed by atoms with Crippen LogP contribution in [-0.4, -0.2) is 65.4 Å². The molecule has 1 fully saturated rings. The topological polar surface area (TPSA) is 90.0 Å². The van der Waals surface area contributed by atoms with E-state index in [-0.39, 0.29) is 11.7 Å². The highest BCUT2D eigenvalue weighted by Crippen LogP contribution is 2.09. The van der Waals surface area contributed by atoms with E-state index in [4.69, 9.17) is 0 Å². The monoisotopic (exact) mass is 319 g/mol. The molecule has 1 aliphatic rings. The Morgan fingerprint density at radius 3 is 2.17 bits per heavy atom. The van der Waals surface area contributed by atoms with Crippen LogP contribution in [0.3, 0.4) is 0 Å². The number of carbonyl (C=O) groups is 3. The first-order valence-corrected chi connectivity index (χ1v) is 7.58. The molecular formula is C16H21N3O4. The summed E-state index contributed by atoms with van der Waals surface area (Å²) >= 11 is 0. The quantitative estimate of drug-likeness (QED) is 0.751. The molecule has 1 aliphatic heterocycles. The largest absolute Gasteiger partial charge is 0.508 e. The Balaban J connectivity index is 1.74. The van der Waals surface area contributed by atoms with E-state index in [0.717, 1.165) is 5.56 Å². The highest BCUT2D eigenvalue weighted by Gasteiger charge is 2.26. The molecule has 1 aromatic rings. The van der Waals surface area contributed by atoms with E-state index in [1.807, 2.05) is 0 Å². The van der Waals surface area contributed by atoms with Crippen LogP contribution in [0.4, 0.5) is 0 Å². The molecule has 7 heteroatoms. The lowest BCUT2D eigenvalue weighted by molar-refractivity contribution is -0.148. The molecular weight excluding hydrogens is 298 g/mol. The van der Waals surface area contributed by atoms with Crippen molar-refractivity contribution in [2.24, 2.45) is 0 Å². The standard InChI is InChI=1S/C16H21N3O4/c1-12(20)18-8-10-19(11-9-18)16(23)15(22)17-7-6-13-2-4-14(21)5-3-13/h2-5,21H,6-11H2,1H3,(H,17,22). The highest BCUT2D eigenvalue weighted by atomic mass is 16.3. The van der Waals surface area contributed by atoms with Gasteiger partial charge < -0.3 is 20.2 Å². The molecule has 124 valence electrons. The molecule has 0 aromatic heterocycles. The van der Waals surface area contributed by atoms with Crippen molar-refractivity contribution in [3.63, 3.8) is 0 Å². The Morgan fingerprint density at radius 2 is 1.61 bits per heavy atom. The van der Waals surface area contributed by atoms with Gasteiger partial charge in [0.1, 0.15) is 5.75 Å². The summed E-state index contributed by atoms with van der Waals surface area (Å²) in [5.74, 6) is -1.01. The average molecular weight is 319 g/mol. The summed E-state index contributed by atoms with van der Waals surface area (Å²) < 4.78 is 0. The maximum absolute atomic E-state index is 12.0. The van der Waals surface area contributed by atoms with Gasteiger partial charge in [0.05, 0.1) is 0 Å². The van der Waals surface area contributed by atoms with E-state index in [9.17, 15) is 19.5 Å². The van der Waals surface area contributed by atoms with Crippen molar-refractivity contribution in [3.05, 3.63) is 29.8 Å². The second-order valence-corrected chi connectivity index (χ2v) is 5.47. The molecule has 2 rings (SSSR count). The zero-order chi connectivity index (χ0) is 16.8. The summed E-state index contributed by atoms with van der Waals surface area (Å²) in [5, 5.41) is 11.8. The van der Waals surface area contributed by atoms with E-state index in [2.05, 4.69) is 5.32 Å². The molecule has 0 atom stereocenters. The van der Waals surface area contributed by atoms with Crippen molar-refractivity contribution in [1.82, 2.24) is 15.1 Å². The first-order chi connectivity index (χ1) is 11.0. The van der Waals surface area contributed by atoms with Crippen LogP contribution in [0, 0.1) is 0 Å². The minimum atomic E-state index is -0.625. The lowest BCUT2D eigenvalue weighted by Gasteiger charge is -2.33. The molecule has 0 unspecified atom stereocenters. The van der Waals surface area contributed by atoms with Crippen LogP contribution in [0.2, 0.25) is 0 Å². The summed E-state index contributed by atoms with van der Waals surface area (Å²) in [6, 6.07) is 6.70. The molecule has 0 radical (unpaired) electrons. The third-order valence-electron chi connectivity index (χ3n) is 3.84. The first-order valence-electron chi connectivity index (χ1n) is 7.58. The molecule has 1 heterocycles. The summed E-state index contributed by atoms with van der Waals surface area (Å²) in [7, 11) is 0. The van der Waals surface area contributed by atoms with Gasteiger partial charge in [-0.15, -0.1) is 0 Å². The zero-order valence-electron chi connectivity index (χ0n) is 13.1. The number of nitrogens with zero attached hydrogens (tertiary/aromatic N) is 2. The Kier molecular flexibility index (Phi) is 5.56. The van der Waals surface area contributed by atoms with Crippen LogP contribution < -0.4 is 5.32 Å². The molecule has 0 aliphatic carbocycles. The SMILES string of the molecule is CC(=O)N1CCN(C(=O)C(=O)NCCc2ccc(O)cc2)CC1. The summed E-state index contributed by atoms with van der Waals surface area (Å²) in [4.78, 5) is 38.3. The van der Waals surface area contributed by atoms with Crippen LogP contribution in [0.5, 0.6) is 5.75 Å². The van der Waals surface area contributed by atoms with Gasteiger partial charge in [0.25, 0.3) is 0 Å². The smallest absolute Gasteiger partial charge is 0.312 e. The van der Waals surface area contributed by atoms with Gasteiger partial charge >= 0.3 is 11.8 Å². The molecule has 0 bridgehead atoms. The number of amides is 3. The summed E-state index contributed by atoms with van der Waals surface area (Å²) in [5.41, 5.74) is 0.964. The van der Waals surface area contributed by atoms with E-state index in [1.54, 1.807) is 29.2 Å². The summed E-state index contributed by atoms with van der Waals surface area (Å²) in [6.07, 6.45) is 0.581. The van der Waals surface area contributed by atoms with Gasteiger partial charge in [-0.3, -0.25) is 14.4 Å². The normalized spacial score (nSPS) is 14.5. The lowest BCUT2D eigenvalue weighted by Crippen LogP contribution is -2.53. The maximum Gasteiger partial charge on any atom is 0.312 e. The molecule has 7 nitrogen and oxygen atoms in total. The second-order valence-electron chi connectivity index (χ2n) is 5.47. The van der Waals surface area contributed by atoms with Crippen LogP contribution in [0.25, 0.3) is 0 Å². The van der Waals surface area contributed by atoms with Gasteiger partial charge in [-0.05, 0) is 24.1 Å². The predicted octanol–water partition coefficient (Wildman–Crippen LogP) is -0.258. The fourth-order valence-corrected chi connectivity index (χ4v) is 2.43. The van der Waals surface area contributed by atoms with Crippen molar-refractivity contribution >= 4 is 17.7 Å². The van der Waals surface area contributed by atoms with E-state index in [0.29, 0.717) is 39.1 Å². The zero-order valence-corrected chi connectivity index (χ0v) is 13.1. The number of phenols is 1. The van der Waals surface area contributed by atoms with Gasteiger partial charge in [-0.25, -0.2) is 0 Å². The molecule has 0 spiro atoms. The van der Waals surface area contributed by atoms with Crippen LogP contribution in [-0.2, 0) is 20.8 Å². The first kappa shape index (κ1) is 16.8. The summed E-state index contributed by atoms with van der Waals surface area (Å²) in [6.45, 7) is 3.52. The van der Waals surface area contributed by atoms with Gasteiger partial charge in [-0.1, -0.05) is 12.1 Å². The number of hydrogen-bond acceptors (Lipinski definition) is 4. The molecule has 0 saturated carbocycles. The van der Waals surface area contributed by atoms with Gasteiger partial charge in [0.15, 0.2) is 0 Å². The van der Waals surface area contributed by atoms with Crippen LogP contribution >= 0.6 is 0 Å². The van der Waals surface area contributed by atoms with Crippen molar-refractivity contribution < 1.29 is 19.5 Å². The highest BCUT2D eigenvalue weighted by molar-refractivity contribution is 6.35. The number of phenolic OH excluding ortho intramolecular Hbond substituents is 1. The van der Waals surface area contributed by atoms with Crippen molar-refractivity contribution in [2.45, 2.75) is 13.3 Å². The number of nitrogens with one attached hydrogen (secondary N) is 1. The Labute approximate surface area is 134 Å². The third-order valence-corrected chi connectivity index (χ3v) is 3.84. The van der Waals surface area contributed by atoms with Gasteiger partial charge in [0.2, 0.25) is 5.91 Å². The number of carbonyl (C=O) groups excluding carboxylic acids is 3. The molecule has 3 amide bonds. The number of benzene rings is 1. The number of rotatable bonds is 3. The minimum absolute atomic E-state index is 0.0181. The second kappa shape index (κ2) is 7.62. The minimum Gasteiger partial charge on any atom is -0.508 e. The van der Waals surface area contributed by atoms with E-state index < -0.39 is 11.8 Å². The maximum atomic E-state index is 12.0. The lowest BCUT2D eigenvalue weighted by atomic mass is 10.1. The van der Waals surface area contributed by atoms with Gasteiger partial charge in [0, 0.05) is 39.6 Å². The molecule has 23 heavy (non-hydrogen) atoms. The molecule has 1 aromatic carbocycles. The fourth-order valence-electron chi connectivity index (χ4n) is 2.43. The number of aromatic hydroxyl groups is 1.